The zero-order valence-corrected chi connectivity index (χ0v) is 20.2. The van der Waals surface area contributed by atoms with Gasteiger partial charge in [0.15, 0.2) is 5.76 Å². The SMILES string of the molecule is CCNC(=O)c1cc2c(=O)n(C)cc(-c3cc(C(C)(C)O)cnc3OC3CCC(F)(F)CC3)c2o1. The number of hydrogen-bond acceptors (Lipinski definition) is 6. The maximum Gasteiger partial charge on any atom is 0.287 e. The van der Waals surface area contributed by atoms with Gasteiger partial charge in [0.05, 0.1) is 11.0 Å². The molecule has 3 heterocycles. The second-order valence-corrected chi connectivity index (χ2v) is 9.48. The number of pyridine rings is 2. The molecule has 1 aliphatic carbocycles. The maximum atomic E-state index is 13.6. The zero-order valence-electron chi connectivity index (χ0n) is 20.2. The van der Waals surface area contributed by atoms with Crippen LogP contribution in [0.25, 0.3) is 22.1 Å². The highest BCUT2D eigenvalue weighted by molar-refractivity contribution is 6.00. The standard InChI is InChI=1S/C25H29F2N3O5/c1-5-28-21(31)19-11-17-20(35-19)18(13-30(4)23(17)32)16-10-14(24(2,3)33)12-29-22(16)34-15-6-8-25(26,27)9-7-15/h10-13,15,33H,5-9H2,1-4H3,(H,28,31). The first-order valence-electron chi connectivity index (χ1n) is 11.6. The molecule has 0 spiro atoms. The Morgan fingerprint density at radius 3 is 2.63 bits per heavy atom. The molecule has 188 valence electrons. The largest absolute Gasteiger partial charge is 0.474 e. The molecule has 4 rings (SSSR count). The molecule has 35 heavy (non-hydrogen) atoms. The van der Waals surface area contributed by atoms with Gasteiger partial charge in [-0.25, -0.2) is 13.8 Å². The molecule has 3 aromatic rings. The third-order valence-corrected chi connectivity index (χ3v) is 6.20. The minimum Gasteiger partial charge on any atom is -0.474 e. The van der Waals surface area contributed by atoms with E-state index in [1.54, 1.807) is 40.1 Å². The van der Waals surface area contributed by atoms with Gasteiger partial charge in [-0.05, 0) is 39.7 Å². The van der Waals surface area contributed by atoms with Crippen LogP contribution >= 0.6 is 0 Å². The number of nitrogens with one attached hydrogen (secondary N) is 1. The van der Waals surface area contributed by atoms with Crippen molar-refractivity contribution < 1.29 is 27.8 Å². The highest BCUT2D eigenvalue weighted by Crippen LogP contribution is 2.39. The van der Waals surface area contributed by atoms with Crippen LogP contribution in [0, 0.1) is 0 Å². The number of ether oxygens (including phenoxy) is 1. The molecule has 1 fully saturated rings. The van der Waals surface area contributed by atoms with E-state index >= 15 is 0 Å². The Bertz CT molecular complexity index is 1310. The normalized spacial score (nSPS) is 16.4. The van der Waals surface area contributed by atoms with Gasteiger partial charge in [0.2, 0.25) is 11.8 Å². The monoisotopic (exact) mass is 489 g/mol. The number of carbonyl (C=O) groups is 1. The van der Waals surface area contributed by atoms with Gasteiger partial charge in [0.1, 0.15) is 11.7 Å². The molecule has 10 heteroatoms. The molecule has 0 aliphatic heterocycles. The summed E-state index contributed by atoms with van der Waals surface area (Å²) in [6.07, 6.45) is 2.36. The number of furan rings is 1. The topological polar surface area (TPSA) is 107 Å². The van der Waals surface area contributed by atoms with Gasteiger partial charge >= 0.3 is 0 Å². The molecule has 3 aromatic heterocycles. The van der Waals surface area contributed by atoms with E-state index in [1.165, 1.54) is 16.8 Å². The van der Waals surface area contributed by atoms with Crippen LogP contribution in [0.1, 0.15) is 62.6 Å². The Balaban J connectivity index is 1.87. The van der Waals surface area contributed by atoms with Gasteiger partial charge in [-0.3, -0.25) is 9.59 Å². The van der Waals surface area contributed by atoms with Crippen LogP contribution in [0.2, 0.25) is 0 Å². The number of hydrogen-bond donors (Lipinski definition) is 2. The first-order valence-corrected chi connectivity index (χ1v) is 11.6. The van der Waals surface area contributed by atoms with Gasteiger partial charge in [-0.2, -0.15) is 0 Å². The van der Waals surface area contributed by atoms with Crippen molar-refractivity contribution in [2.75, 3.05) is 6.54 Å². The van der Waals surface area contributed by atoms with E-state index in [1.807, 2.05) is 0 Å². The highest BCUT2D eigenvalue weighted by atomic mass is 19.3. The van der Waals surface area contributed by atoms with Crippen molar-refractivity contribution >= 4 is 16.9 Å². The fourth-order valence-electron chi connectivity index (χ4n) is 4.17. The van der Waals surface area contributed by atoms with Crippen molar-refractivity contribution in [3.8, 4) is 17.0 Å². The summed E-state index contributed by atoms with van der Waals surface area (Å²) in [5.74, 6) is -3.01. The predicted molar refractivity (Wildman–Crippen MR) is 126 cm³/mol. The lowest BCUT2D eigenvalue weighted by Crippen LogP contribution is -2.31. The molecule has 0 unspecified atom stereocenters. The van der Waals surface area contributed by atoms with Crippen LogP contribution in [0.15, 0.2) is 33.7 Å². The first kappa shape index (κ1) is 24.8. The summed E-state index contributed by atoms with van der Waals surface area (Å²) in [6, 6.07) is 3.07. The quantitative estimate of drug-likeness (QED) is 0.539. The number of aryl methyl sites for hydroxylation is 1. The molecular weight excluding hydrogens is 460 g/mol. The van der Waals surface area contributed by atoms with Gasteiger partial charge in [-0.15, -0.1) is 0 Å². The lowest BCUT2D eigenvalue weighted by atomic mass is 9.94. The molecule has 0 radical (unpaired) electrons. The van der Waals surface area contributed by atoms with Crippen LogP contribution in [-0.4, -0.2) is 39.1 Å². The van der Waals surface area contributed by atoms with Crippen LogP contribution in [0.5, 0.6) is 5.88 Å². The summed E-state index contributed by atoms with van der Waals surface area (Å²) >= 11 is 0. The van der Waals surface area contributed by atoms with Crippen molar-refractivity contribution in [1.82, 2.24) is 14.9 Å². The Hall–Kier alpha value is -3.27. The molecule has 0 bridgehead atoms. The molecule has 0 saturated heterocycles. The number of aromatic nitrogens is 2. The molecule has 2 N–H and O–H groups in total. The van der Waals surface area contributed by atoms with E-state index in [9.17, 15) is 23.5 Å². The minimum atomic E-state index is -2.70. The average Bonchev–Trinajstić information content (AvgIpc) is 3.23. The third kappa shape index (κ3) is 5.07. The predicted octanol–water partition coefficient (Wildman–Crippen LogP) is 4.13. The van der Waals surface area contributed by atoms with Crippen LogP contribution in [-0.2, 0) is 12.6 Å². The number of carbonyl (C=O) groups excluding carboxylic acids is 1. The van der Waals surface area contributed by atoms with Crippen molar-refractivity contribution in [2.24, 2.45) is 7.05 Å². The number of fused-ring (bicyclic) bond motifs is 1. The number of nitrogens with zero attached hydrogens (tertiary/aromatic N) is 2. The molecule has 0 aromatic carbocycles. The average molecular weight is 490 g/mol. The lowest BCUT2D eigenvalue weighted by Gasteiger charge is -2.29. The number of amides is 1. The van der Waals surface area contributed by atoms with E-state index in [-0.39, 0.29) is 53.9 Å². The van der Waals surface area contributed by atoms with Crippen molar-refractivity contribution in [3.63, 3.8) is 0 Å². The summed E-state index contributed by atoms with van der Waals surface area (Å²) in [5, 5.41) is 13.4. The molecule has 1 saturated carbocycles. The molecule has 8 nitrogen and oxygen atoms in total. The highest BCUT2D eigenvalue weighted by Gasteiger charge is 2.36. The number of alkyl halides is 2. The van der Waals surface area contributed by atoms with Crippen molar-refractivity contribution in [2.45, 2.75) is 64.1 Å². The third-order valence-electron chi connectivity index (χ3n) is 6.20. The lowest BCUT2D eigenvalue weighted by molar-refractivity contribution is -0.0587. The molecular formula is C25H29F2N3O5. The number of halogens is 2. The summed E-state index contributed by atoms with van der Waals surface area (Å²) < 4.78 is 40.6. The molecule has 0 atom stereocenters. The van der Waals surface area contributed by atoms with E-state index in [4.69, 9.17) is 9.15 Å². The van der Waals surface area contributed by atoms with Crippen LogP contribution in [0.4, 0.5) is 8.78 Å². The van der Waals surface area contributed by atoms with Crippen LogP contribution in [0.3, 0.4) is 0 Å². The van der Waals surface area contributed by atoms with Gasteiger partial charge in [-0.1, -0.05) is 0 Å². The Morgan fingerprint density at radius 1 is 1.31 bits per heavy atom. The van der Waals surface area contributed by atoms with E-state index in [0.29, 0.717) is 23.2 Å². The Morgan fingerprint density at radius 2 is 2.00 bits per heavy atom. The van der Waals surface area contributed by atoms with Crippen molar-refractivity contribution in [1.29, 1.82) is 0 Å². The first-order chi connectivity index (χ1) is 16.4. The fraction of sp³-hybridized carbons (Fsp3) is 0.480. The minimum absolute atomic E-state index is 0.0185. The van der Waals surface area contributed by atoms with Crippen LogP contribution < -0.4 is 15.6 Å². The van der Waals surface area contributed by atoms with Gasteiger partial charge < -0.3 is 24.1 Å². The Labute approximate surface area is 200 Å². The number of aliphatic hydroxyl groups is 1. The molecule has 1 amide bonds. The fourth-order valence-corrected chi connectivity index (χ4v) is 4.17. The van der Waals surface area contributed by atoms with E-state index < -0.39 is 23.5 Å². The Kier molecular flexibility index (Phi) is 6.44. The summed E-state index contributed by atoms with van der Waals surface area (Å²) in [6.45, 7) is 5.36. The zero-order chi connectivity index (χ0) is 25.5. The maximum absolute atomic E-state index is 13.6. The molecule has 1 aliphatic rings. The van der Waals surface area contributed by atoms with Gasteiger partial charge in [0.25, 0.3) is 11.5 Å². The smallest absolute Gasteiger partial charge is 0.287 e. The van der Waals surface area contributed by atoms with E-state index in [0.717, 1.165) is 0 Å². The summed E-state index contributed by atoms with van der Waals surface area (Å²) in [5.41, 5.74) is -0.0996. The number of rotatable bonds is 6. The summed E-state index contributed by atoms with van der Waals surface area (Å²) in [4.78, 5) is 29.6. The summed E-state index contributed by atoms with van der Waals surface area (Å²) in [7, 11) is 1.57. The second kappa shape index (κ2) is 9.07. The van der Waals surface area contributed by atoms with Crippen molar-refractivity contribution in [3.05, 3.63) is 46.2 Å². The second-order valence-electron chi connectivity index (χ2n) is 9.48. The van der Waals surface area contributed by atoms with E-state index in [2.05, 4.69) is 10.3 Å². The van der Waals surface area contributed by atoms with Gasteiger partial charge in [0, 0.05) is 61.6 Å².